The molecule has 4 heteroatoms. The van der Waals surface area contributed by atoms with E-state index < -0.39 is 0 Å². The van der Waals surface area contributed by atoms with Gasteiger partial charge in [0.05, 0.1) is 19.3 Å². The van der Waals surface area contributed by atoms with Gasteiger partial charge in [-0.1, -0.05) is 0 Å². The van der Waals surface area contributed by atoms with Crippen LogP contribution in [0.5, 0.6) is 0 Å². The van der Waals surface area contributed by atoms with Crippen molar-refractivity contribution in [1.82, 2.24) is 0 Å². The Morgan fingerprint density at radius 2 is 1.75 bits per heavy atom. The lowest BCUT2D eigenvalue weighted by molar-refractivity contribution is 0.416. The molecular weight excluding hydrogens is 204 g/mol. The number of ether oxygens (including phenoxy) is 2. The van der Waals surface area contributed by atoms with Gasteiger partial charge in [0.1, 0.15) is 6.10 Å². The lowest BCUT2D eigenvalue weighted by Crippen LogP contribution is -1.98. The maximum Gasteiger partial charge on any atom is 0.108 e. The molecule has 2 atom stereocenters. The molecule has 4 nitrogen and oxygen atoms in total. The molecule has 2 aliphatic rings. The lowest BCUT2D eigenvalue weighted by atomic mass is 10.0. The predicted octanol–water partition coefficient (Wildman–Crippen LogP) is 1.64. The maximum absolute atomic E-state index is 5.86. The quantitative estimate of drug-likeness (QED) is 0.559. The smallest absolute Gasteiger partial charge is 0.108 e. The largest absolute Gasteiger partial charge is 0.399 e. The zero-order valence-electron chi connectivity index (χ0n) is 9.69. The van der Waals surface area contributed by atoms with Crippen molar-refractivity contribution in [3.8, 4) is 0 Å². The number of nitrogens with two attached hydrogens (primary N) is 2. The van der Waals surface area contributed by atoms with Crippen LogP contribution < -0.4 is 11.5 Å². The first kappa shape index (κ1) is 11.2. The molecule has 0 aromatic heterocycles. The summed E-state index contributed by atoms with van der Waals surface area (Å²) in [4.78, 5) is 0. The fourth-order valence-corrected chi connectivity index (χ4v) is 1.44. The molecule has 4 N–H and O–H groups in total. The summed E-state index contributed by atoms with van der Waals surface area (Å²) in [5.41, 5.74) is 15.2. The summed E-state index contributed by atoms with van der Waals surface area (Å²) in [6.45, 7) is 5.77. The Morgan fingerprint density at radius 3 is 2.19 bits per heavy atom. The van der Waals surface area contributed by atoms with Gasteiger partial charge in [-0.15, -0.1) is 0 Å². The second kappa shape index (κ2) is 4.31. The Bertz CT molecular complexity index is 385. The van der Waals surface area contributed by atoms with Crippen molar-refractivity contribution in [1.29, 1.82) is 0 Å². The number of benzene rings is 1. The van der Waals surface area contributed by atoms with Crippen LogP contribution in [-0.2, 0) is 9.47 Å². The average molecular weight is 222 g/mol. The monoisotopic (exact) mass is 222 g/mol. The summed E-state index contributed by atoms with van der Waals surface area (Å²) in [5, 5.41) is 0. The third-order valence-electron chi connectivity index (χ3n) is 2.62. The highest BCUT2D eigenvalue weighted by Gasteiger charge is 2.27. The Hall–Kier alpha value is -1.26. The van der Waals surface area contributed by atoms with E-state index in [4.69, 9.17) is 20.9 Å². The van der Waals surface area contributed by atoms with Crippen LogP contribution in [0.4, 0.5) is 11.4 Å². The first-order valence-electron chi connectivity index (χ1n) is 5.46. The highest BCUT2D eigenvalue weighted by molar-refractivity contribution is 5.62. The Kier molecular flexibility index (Phi) is 3.03. The third-order valence-corrected chi connectivity index (χ3v) is 2.62. The van der Waals surface area contributed by atoms with E-state index in [1.807, 2.05) is 19.1 Å². The summed E-state index contributed by atoms with van der Waals surface area (Å²) in [6.07, 6.45) is 0.771. The SMILES string of the molecule is CC1CO1.Cc1cc(N)cc(C2CO2)c1N. The summed E-state index contributed by atoms with van der Waals surface area (Å²) in [7, 11) is 0. The van der Waals surface area contributed by atoms with Crippen LogP contribution in [0, 0.1) is 6.92 Å². The van der Waals surface area contributed by atoms with Crippen LogP contribution in [0.15, 0.2) is 12.1 Å². The fourth-order valence-electron chi connectivity index (χ4n) is 1.44. The van der Waals surface area contributed by atoms with E-state index in [1.165, 1.54) is 0 Å². The second-order valence-corrected chi connectivity index (χ2v) is 4.31. The highest BCUT2D eigenvalue weighted by atomic mass is 16.6. The molecule has 0 radical (unpaired) electrons. The topological polar surface area (TPSA) is 77.1 Å². The summed E-state index contributed by atoms with van der Waals surface area (Å²) < 4.78 is 9.86. The minimum Gasteiger partial charge on any atom is -0.399 e. The first-order chi connectivity index (χ1) is 7.58. The molecule has 3 rings (SSSR count). The van der Waals surface area contributed by atoms with E-state index in [0.29, 0.717) is 6.10 Å². The molecule has 0 amide bonds. The van der Waals surface area contributed by atoms with Gasteiger partial charge in [0, 0.05) is 16.9 Å². The van der Waals surface area contributed by atoms with Gasteiger partial charge in [0.25, 0.3) is 0 Å². The molecule has 2 unspecified atom stereocenters. The number of hydrogen-bond donors (Lipinski definition) is 2. The molecule has 0 spiro atoms. The number of epoxide rings is 2. The van der Waals surface area contributed by atoms with Crippen LogP contribution in [0.3, 0.4) is 0 Å². The van der Waals surface area contributed by atoms with Crippen molar-refractivity contribution >= 4 is 11.4 Å². The zero-order valence-corrected chi connectivity index (χ0v) is 9.69. The van der Waals surface area contributed by atoms with Gasteiger partial charge >= 0.3 is 0 Å². The molecule has 0 saturated carbocycles. The minimum absolute atomic E-state index is 0.187. The number of hydrogen-bond acceptors (Lipinski definition) is 4. The van der Waals surface area contributed by atoms with E-state index in [9.17, 15) is 0 Å². The normalized spacial score (nSPS) is 25.6. The molecule has 16 heavy (non-hydrogen) atoms. The van der Waals surface area contributed by atoms with Gasteiger partial charge < -0.3 is 20.9 Å². The van der Waals surface area contributed by atoms with Gasteiger partial charge in [-0.25, -0.2) is 0 Å². The molecular formula is C12H18N2O2. The van der Waals surface area contributed by atoms with E-state index in [2.05, 4.69) is 6.92 Å². The van der Waals surface area contributed by atoms with Crippen molar-refractivity contribution in [3.63, 3.8) is 0 Å². The number of rotatable bonds is 1. The van der Waals surface area contributed by atoms with Gasteiger partial charge in [-0.2, -0.15) is 0 Å². The third kappa shape index (κ3) is 2.87. The van der Waals surface area contributed by atoms with E-state index >= 15 is 0 Å². The lowest BCUT2D eigenvalue weighted by Gasteiger charge is -2.06. The molecule has 88 valence electrons. The molecule has 1 aromatic rings. The Labute approximate surface area is 95.5 Å². The van der Waals surface area contributed by atoms with Crippen LogP contribution in [0.2, 0.25) is 0 Å². The summed E-state index contributed by atoms with van der Waals surface area (Å²) in [5.74, 6) is 0. The van der Waals surface area contributed by atoms with Crippen molar-refractivity contribution in [3.05, 3.63) is 23.3 Å². The van der Waals surface area contributed by atoms with Gasteiger partial charge in [0.2, 0.25) is 0 Å². The van der Waals surface area contributed by atoms with Gasteiger partial charge in [-0.3, -0.25) is 0 Å². The average Bonchev–Trinajstić information content (AvgIpc) is 3.06. The van der Waals surface area contributed by atoms with Gasteiger partial charge in [-0.05, 0) is 31.5 Å². The van der Waals surface area contributed by atoms with Gasteiger partial charge in [0.15, 0.2) is 0 Å². The number of nitrogen functional groups attached to an aromatic ring is 2. The standard InChI is InChI=1S/C9H12N2O.C3H6O/c1-5-2-6(10)3-7(9(5)11)8-4-12-8;1-3-2-4-3/h2-3,8H,4,10-11H2,1H3;3H,2H2,1H3. The molecule has 2 fully saturated rings. The Morgan fingerprint density at radius 1 is 1.19 bits per heavy atom. The summed E-state index contributed by atoms with van der Waals surface area (Å²) in [6, 6.07) is 3.77. The highest BCUT2D eigenvalue weighted by Crippen LogP contribution is 2.36. The summed E-state index contributed by atoms with van der Waals surface area (Å²) >= 11 is 0. The maximum atomic E-state index is 5.86. The Balaban J connectivity index is 0.000000203. The minimum atomic E-state index is 0.187. The van der Waals surface area contributed by atoms with Crippen LogP contribution in [0.25, 0.3) is 0 Å². The van der Waals surface area contributed by atoms with E-state index in [1.54, 1.807) is 0 Å². The molecule has 0 aliphatic carbocycles. The van der Waals surface area contributed by atoms with Crippen molar-refractivity contribution in [2.75, 3.05) is 24.7 Å². The van der Waals surface area contributed by atoms with E-state index in [-0.39, 0.29) is 6.10 Å². The zero-order chi connectivity index (χ0) is 11.7. The molecule has 2 heterocycles. The van der Waals surface area contributed by atoms with E-state index in [0.717, 1.165) is 35.7 Å². The second-order valence-electron chi connectivity index (χ2n) is 4.31. The number of anilines is 2. The van der Waals surface area contributed by atoms with Crippen LogP contribution in [0.1, 0.15) is 24.2 Å². The first-order valence-corrected chi connectivity index (χ1v) is 5.46. The van der Waals surface area contributed by atoms with Crippen molar-refractivity contribution in [2.24, 2.45) is 0 Å². The van der Waals surface area contributed by atoms with Crippen molar-refractivity contribution in [2.45, 2.75) is 26.1 Å². The number of aryl methyl sites for hydroxylation is 1. The van der Waals surface area contributed by atoms with Crippen LogP contribution in [-0.4, -0.2) is 19.3 Å². The molecule has 2 aliphatic heterocycles. The van der Waals surface area contributed by atoms with Crippen LogP contribution >= 0.6 is 0 Å². The predicted molar refractivity (Wildman–Crippen MR) is 64.1 cm³/mol. The molecule has 1 aromatic carbocycles. The molecule has 2 saturated heterocycles. The fraction of sp³-hybridized carbons (Fsp3) is 0.500. The van der Waals surface area contributed by atoms with Crippen molar-refractivity contribution < 1.29 is 9.47 Å². The molecule has 0 bridgehead atoms.